The molecule has 0 unspecified atom stereocenters. The third-order valence-corrected chi connectivity index (χ3v) is 4.98. The summed E-state index contributed by atoms with van der Waals surface area (Å²) in [6, 6.07) is 13.8. The standard InChI is InChI=1S/C21H19ClN2O3/c1-12(22)21(25)23-17-11-14(8-10-18(17)26-2)20-16-9-7-13-5-3-4-6-15(13)19(16)24-27-20/h3-6,8,10-12H,7,9H2,1-2H3,(H,23,25)/t12-/m0/s1. The summed E-state index contributed by atoms with van der Waals surface area (Å²) in [7, 11) is 1.56. The number of aryl methyl sites for hydroxylation is 1. The Morgan fingerprint density at radius 2 is 2.07 bits per heavy atom. The molecule has 1 aliphatic carbocycles. The number of aromatic nitrogens is 1. The molecular weight excluding hydrogens is 364 g/mol. The molecule has 0 spiro atoms. The fraction of sp³-hybridized carbons (Fsp3) is 0.238. The highest BCUT2D eigenvalue weighted by atomic mass is 35.5. The third-order valence-electron chi connectivity index (χ3n) is 4.79. The van der Waals surface area contributed by atoms with Gasteiger partial charge in [0.05, 0.1) is 12.8 Å². The molecule has 1 N–H and O–H groups in total. The van der Waals surface area contributed by atoms with Crippen LogP contribution in [0.25, 0.3) is 22.6 Å². The second kappa shape index (κ2) is 7.08. The molecule has 5 nitrogen and oxygen atoms in total. The van der Waals surface area contributed by atoms with Gasteiger partial charge in [0, 0.05) is 16.7 Å². The van der Waals surface area contributed by atoms with Gasteiger partial charge in [0.2, 0.25) is 5.91 Å². The first kappa shape index (κ1) is 17.6. The van der Waals surface area contributed by atoms with E-state index in [4.69, 9.17) is 20.9 Å². The topological polar surface area (TPSA) is 64.4 Å². The number of methoxy groups -OCH3 is 1. The number of ether oxygens (including phenoxy) is 1. The Hall–Kier alpha value is -2.79. The van der Waals surface area contributed by atoms with Crippen LogP contribution in [0, 0.1) is 0 Å². The summed E-state index contributed by atoms with van der Waals surface area (Å²) < 4.78 is 11.1. The summed E-state index contributed by atoms with van der Waals surface area (Å²) in [4.78, 5) is 12.0. The van der Waals surface area contributed by atoms with Gasteiger partial charge in [-0.15, -0.1) is 11.6 Å². The Bertz CT molecular complexity index is 1010. The normalized spacial score (nSPS) is 13.4. The van der Waals surface area contributed by atoms with Crippen molar-refractivity contribution >= 4 is 23.2 Å². The number of amides is 1. The predicted molar refractivity (Wildman–Crippen MR) is 105 cm³/mol. The monoisotopic (exact) mass is 382 g/mol. The highest BCUT2D eigenvalue weighted by molar-refractivity contribution is 6.32. The molecule has 1 amide bonds. The van der Waals surface area contributed by atoms with Gasteiger partial charge in [-0.1, -0.05) is 29.4 Å². The lowest BCUT2D eigenvalue weighted by Crippen LogP contribution is -2.20. The van der Waals surface area contributed by atoms with Crippen LogP contribution in [0.5, 0.6) is 5.75 Å². The number of halogens is 1. The van der Waals surface area contributed by atoms with Crippen molar-refractivity contribution < 1.29 is 14.1 Å². The summed E-state index contributed by atoms with van der Waals surface area (Å²) >= 11 is 5.87. The highest BCUT2D eigenvalue weighted by Gasteiger charge is 2.25. The van der Waals surface area contributed by atoms with Gasteiger partial charge in [-0.05, 0) is 43.5 Å². The lowest BCUT2D eigenvalue weighted by Gasteiger charge is -2.15. The highest BCUT2D eigenvalue weighted by Crippen LogP contribution is 2.40. The van der Waals surface area contributed by atoms with E-state index in [0.29, 0.717) is 11.4 Å². The molecule has 1 atom stereocenters. The fourth-order valence-corrected chi connectivity index (χ4v) is 3.44. The number of nitrogens with one attached hydrogen (secondary N) is 1. The molecule has 0 radical (unpaired) electrons. The quantitative estimate of drug-likeness (QED) is 0.665. The van der Waals surface area contributed by atoms with Gasteiger partial charge in [-0.25, -0.2) is 0 Å². The summed E-state index contributed by atoms with van der Waals surface area (Å²) in [5.41, 5.74) is 5.76. The molecule has 0 fully saturated rings. The largest absolute Gasteiger partial charge is 0.495 e. The minimum Gasteiger partial charge on any atom is -0.495 e. The number of anilines is 1. The molecule has 1 aliphatic rings. The van der Waals surface area contributed by atoms with Crippen molar-refractivity contribution in [2.75, 3.05) is 12.4 Å². The van der Waals surface area contributed by atoms with Crippen LogP contribution in [0.2, 0.25) is 0 Å². The van der Waals surface area contributed by atoms with E-state index in [1.807, 2.05) is 24.3 Å². The first-order chi connectivity index (χ1) is 13.1. The lowest BCUT2D eigenvalue weighted by molar-refractivity contribution is -0.115. The minimum absolute atomic E-state index is 0.291. The van der Waals surface area contributed by atoms with Gasteiger partial charge >= 0.3 is 0 Å². The fourth-order valence-electron chi connectivity index (χ4n) is 3.39. The number of hydrogen-bond donors (Lipinski definition) is 1. The van der Waals surface area contributed by atoms with Crippen LogP contribution in [-0.2, 0) is 17.6 Å². The number of benzene rings is 2. The van der Waals surface area contributed by atoms with E-state index in [-0.39, 0.29) is 5.91 Å². The van der Waals surface area contributed by atoms with E-state index in [2.05, 4.69) is 22.6 Å². The molecular formula is C21H19ClN2O3. The zero-order chi connectivity index (χ0) is 19.0. The number of rotatable bonds is 4. The number of fused-ring (bicyclic) bond motifs is 3. The van der Waals surface area contributed by atoms with Crippen LogP contribution in [0.15, 0.2) is 47.0 Å². The minimum atomic E-state index is -0.645. The van der Waals surface area contributed by atoms with Crippen molar-refractivity contribution in [3.8, 4) is 28.3 Å². The Morgan fingerprint density at radius 3 is 2.85 bits per heavy atom. The Balaban J connectivity index is 1.75. The van der Waals surface area contributed by atoms with Gasteiger partial charge in [0.25, 0.3) is 0 Å². The van der Waals surface area contributed by atoms with E-state index in [1.54, 1.807) is 20.1 Å². The summed E-state index contributed by atoms with van der Waals surface area (Å²) in [6.45, 7) is 1.62. The molecule has 3 aromatic rings. The molecule has 0 aliphatic heterocycles. The van der Waals surface area contributed by atoms with E-state index < -0.39 is 5.38 Å². The van der Waals surface area contributed by atoms with Crippen LogP contribution in [0.4, 0.5) is 5.69 Å². The van der Waals surface area contributed by atoms with Gasteiger partial charge in [0.1, 0.15) is 16.8 Å². The molecule has 1 heterocycles. The zero-order valence-electron chi connectivity index (χ0n) is 15.1. The molecule has 6 heteroatoms. The third kappa shape index (κ3) is 3.19. The summed E-state index contributed by atoms with van der Waals surface area (Å²) in [5, 5.41) is 6.48. The van der Waals surface area contributed by atoms with Crippen molar-refractivity contribution in [1.82, 2.24) is 5.16 Å². The molecule has 4 rings (SSSR count). The van der Waals surface area contributed by atoms with Gasteiger partial charge < -0.3 is 14.6 Å². The maximum Gasteiger partial charge on any atom is 0.242 e. The van der Waals surface area contributed by atoms with Crippen LogP contribution in [0.3, 0.4) is 0 Å². The van der Waals surface area contributed by atoms with Crippen molar-refractivity contribution in [2.24, 2.45) is 0 Å². The molecule has 27 heavy (non-hydrogen) atoms. The maximum absolute atomic E-state index is 12.0. The predicted octanol–water partition coefficient (Wildman–Crippen LogP) is 4.68. The average Bonchev–Trinajstić information content (AvgIpc) is 3.12. The van der Waals surface area contributed by atoms with E-state index >= 15 is 0 Å². The second-order valence-corrected chi connectivity index (χ2v) is 7.17. The molecule has 2 aromatic carbocycles. The first-order valence-corrected chi connectivity index (χ1v) is 9.22. The summed E-state index contributed by atoms with van der Waals surface area (Å²) in [5.74, 6) is 0.986. The van der Waals surface area contributed by atoms with Gasteiger partial charge in [-0.2, -0.15) is 0 Å². The zero-order valence-corrected chi connectivity index (χ0v) is 15.8. The van der Waals surface area contributed by atoms with Crippen LogP contribution in [-0.4, -0.2) is 23.6 Å². The number of nitrogens with zero attached hydrogens (tertiary/aromatic N) is 1. The van der Waals surface area contributed by atoms with Gasteiger partial charge in [-0.3, -0.25) is 4.79 Å². The Morgan fingerprint density at radius 1 is 1.26 bits per heavy atom. The number of carbonyl (C=O) groups is 1. The molecule has 0 saturated carbocycles. The Kier molecular flexibility index (Phi) is 4.62. The van der Waals surface area contributed by atoms with Crippen molar-refractivity contribution in [2.45, 2.75) is 25.1 Å². The molecule has 0 bridgehead atoms. The molecule has 1 aromatic heterocycles. The first-order valence-electron chi connectivity index (χ1n) is 8.78. The summed E-state index contributed by atoms with van der Waals surface area (Å²) in [6.07, 6.45) is 1.80. The molecule has 138 valence electrons. The number of alkyl halides is 1. The van der Waals surface area contributed by atoms with E-state index in [1.165, 1.54) is 5.56 Å². The van der Waals surface area contributed by atoms with E-state index in [9.17, 15) is 4.79 Å². The maximum atomic E-state index is 12.0. The average molecular weight is 383 g/mol. The number of hydrogen-bond acceptors (Lipinski definition) is 4. The second-order valence-electron chi connectivity index (χ2n) is 6.52. The van der Waals surface area contributed by atoms with Crippen molar-refractivity contribution in [1.29, 1.82) is 0 Å². The van der Waals surface area contributed by atoms with Gasteiger partial charge in [0.15, 0.2) is 5.76 Å². The van der Waals surface area contributed by atoms with Crippen molar-refractivity contribution in [3.63, 3.8) is 0 Å². The van der Waals surface area contributed by atoms with Crippen LogP contribution < -0.4 is 10.1 Å². The Labute approximate surface area is 162 Å². The SMILES string of the molecule is COc1ccc(-c2onc3c2CCc2ccccc2-3)cc1NC(=O)[C@H](C)Cl. The van der Waals surface area contributed by atoms with Crippen LogP contribution in [0.1, 0.15) is 18.1 Å². The smallest absolute Gasteiger partial charge is 0.242 e. The van der Waals surface area contributed by atoms with Crippen molar-refractivity contribution in [3.05, 3.63) is 53.6 Å². The van der Waals surface area contributed by atoms with E-state index in [0.717, 1.165) is 41.0 Å². The molecule has 0 saturated heterocycles. The van der Waals surface area contributed by atoms with Crippen LogP contribution >= 0.6 is 11.6 Å². The number of carbonyl (C=O) groups excluding carboxylic acids is 1. The lowest BCUT2D eigenvalue weighted by atomic mass is 9.88.